The van der Waals surface area contributed by atoms with Gasteiger partial charge in [0.2, 0.25) is 10.0 Å². The number of aliphatic hydroxyl groups is 1. The Morgan fingerprint density at radius 1 is 1.33 bits per heavy atom. The van der Waals surface area contributed by atoms with Gasteiger partial charge in [-0.05, 0) is 19.0 Å². The first-order chi connectivity index (χ1) is 14.2. The quantitative estimate of drug-likeness (QED) is 0.410. The minimum Gasteiger partial charge on any atom is -0.489 e. The minimum atomic E-state index is -3.22. The topological polar surface area (TPSA) is 143 Å². The van der Waals surface area contributed by atoms with E-state index in [2.05, 4.69) is 10.0 Å². The Balaban J connectivity index is 1.53. The molecule has 1 aromatic carbocycles. The predicted octanol–water partition coefficient (Wildman–Crippen LogP) is -0.608. The Kier molecular flexibility index (Phi) is 7.40. The van der Waals surface area contributed by atoms with Gasteiger partial charge in [0, 0.05) is 50.3 Å². The lowest BCUT2D eigenvalue weighted by molar-refractivity contribution is 0.0231. The van der Waals surface area contributed by atoms with Crippen LogP contribution in [-0.2, 0) is 10.0 Å². The molecule has 2 aliphatic rings. The number of likely N-dealkylation sites (tertiary alicyclic amines) is 1. The number of anilines is 1. The molecule has 2 atom stereocenters. The number of carbonyl (C=O) groups excluding carboxylic acids is 1. The number of sulfonamides is 1. The Hall–Kier alpha value is -2.08. The first-order valence-corrected chi connectivity index (χ1v) is 11.9. The molecule has 5 N–H and O–H groups in total. The number of carbonyl (C=O) groups is 1. The van der Waals surface area contributed by atoms with Crippen molar-refractivity contribution in [2.75, 3.05) is 57.9 Å². The first kappa shape index (κ1) is 22.6. The molecule has 11 heteroatoms. The van der Waals surface area contributed by atoms with Crippen molar-refractivity contribution < 1.29 is 27.8 Å². The Labute approximate surface area is 176 Å². The van der Waals surface area contributed by atoms with Gasteiger partial charge in [-0.3, -0.25) is 9.69 Å². The summed E-state index contributed by atoms with van der Waals surface area (Å²) in [4.78, 5) is 14.8. The van der Waals surface area contributed by atoms with Crippen LogP contribution in [0.15, 0.2) is 12.1 Å². The van der Waals surface area contributed by atoms with E-state index in [1.54, 1.807) is 12.1 Å². The largest absolute Gasteiger partial charge is 0.489 e. The third-order valence-corrected chi connectivity index (χ3v) is 5.97. The summed E-state index contributed by atoms with van der Waals surface area (Å²) in [5, 5.41) is 13.3. The molecular weight excluding hydrogens is 412 g/mol. The number of aliphatic hydroxyl groups excluding tert-OH is 1. The number of β-amino-alcohol motifs (C(OH)–C–C–N with tert-alkyl or cyclic N) is 1. The lowest BCUT2D eigenvalue weighted by Gasteiger charge is -2.36. The fourth-order valence-electron chi connectivity index (χ4n) is 3.66. The molecule has 0 unspecified atom stereocenters. The second kappa shape index (κ2) is 9.82. The highest BCUT2D eigenvalue weighted by Gasteiger charge is 2.29. The van der Waals surface area contributed by atoms with Gasteiger partial charge in [0.15, 0.2) is 11.5 Å². The van der Waals surface area contributed by atoms with Crippen molar-refractivity contribution in [1.29, 1.82) is 0 Å². The van der Waals surface area contributed by atoms with E-state index in [4.69, 9.17) is 15.2 Å². The minimum absolute atomic E-state index is 0.0927. The molecule has 0 aromatic heterocycles. The molecule has 0 radical (unpaired) electrons. The van der Waals surface area contributed by atoms with Crippen LogP contribution in [-0.4, -0.2) is 82.6 Å². The number of nitrogens with zero attached hydrogens (tertiary/aromatic N) is 1. The molecule has 168 valence electrons. The molecular formula is C19H30N4O6S. The maximum absolute atomic E-state index is 12.8. The molecule has 0 spiro atoms. The van der Waals surface area contributed by atoms with Gasteiger partial charge < -0.3 is 25.6 Å². The van der Waals surface area contributed by atoms with Crippen LogP contribution in [0.1, 0.15) is 23.2 Å². The summed E-state index contributed by atoms with van der Waals surface area (Å²) in [5.74, 6) is 0.447. The van der Waals surface area contributed by atoms with Gasteiger partial charge in [-0.2, -0.15) is 0 Å². The number of rotatable bonds is 7. The van der Waals surface area contributed by atoms with Crippen LogP contribution in [0.5, 0.6) is 11.5 Å². The number of hydrogen-bond donors (Lipinski definition) is 4. The highest BCUT2D eigenvalue weighted by atomic mass is 32.2. The van der Waals surface area contributed by atoms with Crippen molar-refractivity contribution in [3.63, 3.8) is 0 Å². The fourth-order valence-corrected chi connectivity index (χ4v) is 4.12. The van der Waals surface area contributed by atoms with Crippen molar-refractivity contribution in [1.82, 2.24) is 14.9 Å². The van der Waals surface area contributed by atoms with Crippen molar-refractivity contribution in [2.24, 2.45) is 5.92 Å². The Morgan fingerprint density at radius 3 is 2.83 bits per heavy atom. The highest BCUT2D eigenvalue weighted by Crippen LogP contribution is 2.35. The number of fused-ring (bicyclic) bond motifs is 1. The fraction of sp³-hybridized carbons (Fsp3) is 0.632. The zero-order valence-corrected chi connectivity index (χ0v) is 17.9. The van der Waals surface area contributed by atoms with Gasteiger partial charge in [-0.25, -0.2) is 13.1 Å². The van der Waals surface area contributed by atoms with Gasteiger partial charge in [0.1, 0.15) is 0 Å². The van der Waals surface area contributed by atoms with E-state index in [0.29, 0.717) is 75.1 Å². The van der Waals surface area contributed by atoms with Crippen LogP contribution >= 0.6 is 0 Å². The molecule has 0 saturated carbocycles. The van der Waals surface area contributed by atoms with Crippen molar-refractivity contribution >= 4 is 21.6 Å². The number of nitrogens with two attached hydrogens (primary N) is 1. The van der Waals surface area contributed by atoms with Crippen LogP contribution < -0.4 is 25.2 Å². The van der Waals surface area contributed by atoms with E-state index < -0.39 is 16.1 Å². The molecule has 10 nitrogen and oxygen atoms in total. The van der Waals surface area contributed by atoms with Crippen molar-refractivity contribution in [2.45, 2.75) is 18.9 Å². The molecule has 1 amide bonds. The monoisotopic (exact) mass is 442 g/mol. The molecule has 30 heavy (non-hydrogen) atoms. The third-order valence-electron chi connectivity index (χ3n) is 5.24. The van der Waals surface area contributed by atoms with Gasteiger partial charge in [0.25, 0.3) is 5.91 Å². The average Bonchev–Trinajstić information content (AvgIpc) is 2.90. The molecule has 2 aliphatic heterocycles. The Bertz CT molecular complexity index is 863. The zero-order chi connectivity index (χ0) is 21.7. The number of nitrogens with one attached hydrogen (secondary N) is 2. The number of nitrogen functional groups attached to an aromatic ring is 1. The highest BCUT2D eigenvalue weighted by molar-refractivity contribution is 7.88. The van der Waals surface area contributed by atoms with Gasteiger partial charge in [-0.15, -0.1) is 0 Å². The second-order valence-corrected chi connectivity index (χ2v) is 9.57. The molecule has 1 saturated heterocycles. The van der Waals surface area contributed by atoms with Gasteiger partial charge in [0.05, 0.1) is 31.1 Å². The normalized spacial score (nSPS) is 22.3. The van der Waals surface area contributed by atoms with Crippen molar-refractivity contribution in [3.05, 3.63) is 17.7 Å². The number of hydrogen-bond acceptors (Lipinski definition) is 8. The lowest BCUT2D eigenvalue weighted by atomic mass is 9.93. The number of piperidine rings is 1. The van der Waals surface area contributed by atoms with E-state index in [9.17, 15) is 18.3 Å². The molecule has 2 heterocycles. The van der Waals surface area contributed by atoms with Crippen LogP contribution in [0.4, 0.5) is 5.69 Å². The smallest absolute Gasteiger partial charge is 0.255 e. The third kappa shape index (κ3) is 6.21. The number of ether oxygens (including phenoxy) is 2. The van der Waals surface area contributed by atoms with E-state index >= 15 is 0 Å². The summed E-state index contributed by atoms with van der Waals surface area (Å²) < 4.78 is 36.1. The van der Waals surface area contributed by atoms with E-state index in [-0.39, 0.29) is 11.8 Å². The van der Waals surface area contributed by atoms with E-state index in [1.807, 2.05) is 4.90 Å². The maximum Gasteiger partial charge on any atom is 0.255 e. The lowest BCUT2D eigenvalue weighted by Crippen LogP contribution is -2.49. The SMILES string of the molecule is CS(=O)(=O)NCCN1CC[C@@H](CNC(=O)c2cc(N)cc3c2OCCCO3)[C@H](O)C1. The molecule has 0 aliphatic carbocycles. The Morgan fingerprint density at radius 2 is 2.10 bits per heavy atom. The number of benzene rings is 1. The summed E-state index contributed by atoms with van der Waals surface area (Å²) >= 11 is 0. The molecule has 0 bridgehead atoms. The van der Waals surface area contributed by atoms with E-state index in [0.717, 1.165) is 12.7 Å². The van der Waals surface area contributed by atoms with Gasteiger partial charge in [-0.1, -0.05) is 0 Å². The summed E-state index contributed by atoms with van der Waals surface area (Å²) in [7, 11) is -3.22. The summed E-state index contributed by atoms with van der Waals surface area (Å²) in [6.45, 7) is 3.25. The predicted molar refractivity (Wildman–Crippen MR) is 112 cm³/mol. The zero-order valence-electron chi connectivity index (χ0n) is 17.1. The molecule has 1 fully saturated rings. The standard InChI is InChI=1S/C19H30N4O6S/c1-30(26,27)22-4-6-23-5-3-13(16(24)12-23)11-21-19(25)15-9-14(20)10-17-18(15)29-8-2-7-28-17/h9-10,13,16,22,24H,2-8,11-12,20H2,1H3,(H,21,25)/t13-,16+/m0/s1. The van der Waals surface area contributed by atoms with Crippen molar-refractivity contribution in [3.8, 4) is 11.5 Å². The van der Waals surface area contributed by atoms with Gasteiger partial charge >= 0.3 is 0 Å². The van der Waals surface area contributed by atoms with Crippen LogP contribution in [0.3, 0.4) is 0 Å². The van der Waals surface area contributed by atoms with Crippen LogP contribution in [0, 0.1) is 5.92 Å². The summed E-state index contributed by atoms with van der Waals surface area (Å²) in [6, 6.07) is 3.21. The molecule has 3 rings (SSSR count). The average molecular weight is 443 g/mol. The summed E-state index contributed by atoms with van der Waals surface area (Å²) in [5.41, 5.74) is 6.65. The number of amides is 1. The van der Waals surface area contributed by atoms with E-state index in [1.165, 1.54) is 0 Å². The summed E-state index contributed by atoms with van der Waals surface area (Å²) in [6.07, 6.45) is 1.91. The first-order valence-electron chi connectivity index (χ1n) is 10.1. The van der Waals surface area contributed by atoms with Crippen LogP contribution in [0.25, 0.3) is 0 Å². The molecule has 1 aromatic rings. The van der Waals surface area contributed by atoms with Crippen LogP contribution in [0.2, 0.25) is 0 Å². The maximum atomic E-state index is 12.8. The second-order valence-electron chi connectivity index (χ2n) is 7.74.